The molecule has 0 N–H and O–H groups in total. The lowest BCUT2D eigenvalue weighted by atomic mass is 10.0. The van der Waals surface area contributed by atoms with Crippen LogP contribution in [0.15, 0.2) is 46.9 Å². The molecule has 0 aliphatic heterocycles. The standard InChI is InChI=1S/C15H13BrO3/c1-18-14(9-15(17)19-2)12-5-3-4-10-6-7-11(16)8-13(10)12/h3-9H,1-2H3. The first-order valence-electron chi connectivity index (χ1n) is 5.68. The molecule has 19 heavy (non-hydrogen) atoms. The highest BCUT2D eigenvalue weighted by Crippen LogP contribution is 2.28. The van der Waals surface area contributed by atoms with Crippen molar-refractivity contribution in [1.29, 1.82) is 0 Å². The van der Waals surface area contributed by atoms with Crippen LogP contribution in [0.1, 0.15) is 5.56 Å². The lowest BCUT2D eigenvalue weighted by molar-refractivity contribution is -0.134. The molecular formula is C15H13BrO3. The predicted molar refractivity (Wildman–Crippen MR) is 78.7 cm³/mol. The summed E-state index contributed by atoms with van der Waals surface area (Å²) in [4.78, 5) is 11.4. The minimum Gasteiger partial charge on any atom is -0.496 e. The summed E-state index contributed by atoms with van der Waals surface area (Å²) in [6.45, 7) is 0. The third kappa shape index (κ3) is 2.96. The van der Waals surface area contributed by atoms with Gasteiger partial charge in [0.05, 0.1) is 20.3 Å². The normalized spacial score (nSPS) is 11.4. The molecule has 0 spiro atoms. The van der Waals surface area contributed by atoms with Gasteiger partial charge in [0.2, 0.25) is 0 Å². The fourth-order valence-corrected chi connectivity index (χ4v) is 2.23. The molecule has 0 saturated carbocycles. The van der Waals surface area contributed by atoms with Crippen molar-refractivity contribution in [2.45, 2.75) is 0 Å². The van der Waals surface area contributed by atoms with Crippen LogP contribution in [0.5, 0.6) is 0 Å². The van der Waals surface area contributed by atoms with Crippen molar-refractivity contribution in [1.82, 2.24) is 0 Å². The number of esters is 1. The van der Waals surface area contributed by atoms with Gasteiger partial charge in [0.1, 0.15) is 5.76 Å². The van der Waals surface area contributed by atoms with Crippen LogP contribution in [0.25, 0.3) is 16.5 Å². The Morgan fingerprint density at radius 2 is 1.95 bits per heavy atom. The van der Waals surface area contributed by atoms with Gasteiger partial charge in [-0.2, -0.15) is 0 Å². The molecule has 0 atom stereocenters. The van der Waals surface area contributed by atoms with Crippen LogP contribution in [0.3, 0.4) is 0 Å². The molecular weight excluding hydrogens is 308 g/mol. The Morgan fingerprint density at radius 1 is 1.16 bits per heavy atom. The van der Waals surface area contributed by atoms with Crippen LogP contribution < -0.4 is 0 Å². The van der Waals surface area contributed by atoms with Crippen LogP contribution in [0.2, 0.25) is 0 Å². The highest BCUT2D eigenvalue weighted by atomic mass is 79.9. The Kier molecular flexibility index (Phi) is 4.22. The van der Waals surface area contributed by atoms with Crippen LogP contribution >= 0.6 is 15.9 Å². The molecule has 98 valence electrons. The molecule has 0 radical (unpaired) electrons. The van der Waals surface area contributed by atoms with Gasteiger partial charge in [-0.05, 0) is 22.9 Å². The van der Waals surface area contributed by atoms with Gasteiger partial charge in [-0.1, -0.05) is 40.2 Å². The first-order valence-corrected chi connectivity index (χ1v) is 6.47. The second kappa shape index (κ2) is 5.89. The monoisotopic (exact) mass is 320 g/mol. The summed E-state index contributed by atoms with van der Waals surface area (Å²) in [6, 6.07) is 11.8. The number of rotatable bonds is 3. The average Bonchev–Trinajstić information content (AvgIpc) is 2.44. The summed E-state index contributed by atoms with van der Waals surface area (Å²) >= 11 is 3.45. The molecule has 3 nitrogen and oxygen atoms in total. The lowest BCUT2D eigenvalue weighted by Crippen LogP contribution is -1.99. The topological polar surface area (TPSA) is 35.5 Å². The Hall–Kier alpha value is -1.81. The first-order chi connectivity index (χ1) is 9.15. The maximum absolute atomic E-state index is 11.4. The number of hydrogen-bond donors (Lipinski definition) is 0. The van der Waals surface area contributed by atoms with Crippen LogP contribution in [0, 0.1) is 0 Å². The summed E-state index contributed by atoms with van der Waals surface area (Å²) in [7, 11) is 2.87. The van der Waals surface area contributed by atoms with Gasteiger partial charge in [-0.3, -0.25) is 0 Å². The van der Waals surface area contributed by atoms with Gasteiger partial charge >= 0.3 is 5.97 Å². The predicted octanol–water partition coefficient (Wildman–Crippen LogP) is 3.76. The van der Waals surface area contributed by atoms with Gasteiger partial charge < -0.3 is 9.47 Å². The Balaban J connectivity index is 2.63. The van der Waals surface area contributed by atoms with E-state index >= 15 is 0 Å². The van der Waals surface area contributed by atoms with Crippen molar-refractivity contribution in [3.05, 3.63) is 52.5 Å². The van der Waals surface area contributed by atoms with Crippen molar-refractivity contribution >= 4 is 38.4 Å². The zero-order valence-electron chi connectivity index (χ0n) is 10.6. The lowest BCUT2D eigenvalue weighted by Gasteiger charge is -2.10. The molecule has 2 rings (SSSR count). The summed E-state index contributed by atoms with van der Waals surface area (Å²) < 4.78 is 10.9. The molecule has 0 fully saturated rings. The number of benzene rings is 2. The van der Waals surface area contributed by atoms with Crippen molar-refractivity contribution in [2.24, 2.45) is 0 Å². The quantitative estimate of drug-likeness (QED) is 0.490. The van der Waals surface area contributed by atoms with Gasteiger partial charge in [-0.15, -0.1) is 0 Å². The summed E-state index contributed by atoms with van der Waals surface area (Å²) in [5.74, 6) is 0.0411. The molecule has 4 heteroatoms. The molecule has 0 unspecified atom stereocenters. The molecule has 0 heterocycles. The smallest absolute Gasteiger partial charge is 0.334 e. The minimum absolute atomic E-state index is 0.441. The maximum Gasteiger partial charge on any atom is 0.334 e. The SMILES string of the molecule is COC(=O)C=C(OC)c1cccc2ccc(Br)cc12. The van der Waals surface area contributed by atoms with E-state index in [-0.39, 0.29) is 0 Å². The van der Waals surface area contributed by atoms with Crippen molar-refractivity contribution in [3.8, 4) is 0 Å². The van der Waals surface area contributed by atoms with Crippen LogP contribution in [-0.4, -0.2) is 20.2 Å². The first kappa shape index (κ1) is 13.6. The second-order valence-electron chi connectivity index (χ2n) is 3.91. The third-order valence-corrected chi connectivity index (χ3v) is 3.27. The van der Waals surface area contributed by atoms with Crippen molar-refractivity contribution in [3.63, 3.8) is 0 Å². The van der Waals surface area contributed by atoms with E-state index in [1.807, 2.05) is 36.4 Å². The second-order valence-corrected chi connectivity index (χ2v) is 4.82. The Labute approximate surface area is 120 Å². The van der Waals surface area contributed by atoms with E-state index in [4.69, 9.17) is 4.74 Å². The highest BCUT2D eigenvalue weighted by Gasteiger charge is 2.09. The Morgan fingerprint density at radius 3 is 2.63 bits per heavy atom. The van der Waals surface area contributed by atoms with Gasteiger partial charge in [0.15, 0.2) is 0 Å². The molecule has 0 aliphatic carbocycles. The molecule has 0 bridgehead atoms. The van der Waals surface area contributed by atoms with E-state index in [9.17, 15) is 4.79 Å². The van der Waals surface area contributed by atoms with Gasteiger partial charge in [0, 0.05) is 10.0 Å². The van der Waals surface area contributed by atoms with Crippen LogP contribution in [-0.2, 0) is 14.3 Å². The number of ether oxygens (including phenoxy) is 2. The molecule has 0 aromatic heterocycles. The van der Waals surface area contributed by atoms with Crippen LogP contribution in [0.4, 0.5) is 0 Å². The molecule has 0 amide bonds. The fraction of sp³-hybridized carbons (Fsp3) is 0.133. The zero-order chi connectivity index (χ0) is 13.8. The summed E-state index contributed by atoms with van der Waals surface area (Å²) in [5, 5.41) is 2.09. The number of halogens is 1. The zero-order valence-corrected chi connectivity index (χ0v) is 12.2. The molecule has 2 aromatic carbocycles. The maximum atomic E-state index is 11.4. The van der Waals surface area contributed by atoms with E-state index in [0.29, 0.717) is 5.76 Å². The fourth-order valence-electron chi connectivity index (χ4n) is 1.87. The van der Waals surface area contributed by atoms with Gasteiger partial charge in [0.25, 0.3) is 0 Å². The average molecular weight is 321 g/mol. The van der Waals surface area contributed by atoms with E-state index < -0.39 is 5.97 Å². The van der Waals surface area contributed by atoms with E-state index in [1.165, 1.54) is 20.3 Å². The van der Waals surface area contributed by atoms with Crippen molar-refractivity contribution in [2.75, 3.05) is 14.2 Å². The van der Waals surface area contributed by atoms with Crippen molar-refractivity contribution < 1.29 is 14.3 Å². The largest absolute Gasteiger partial charge is 0.496 e. The van der Waals surface area contributed by atoms with Gasteiger partial charge in [-0.25, -0.2) is 4.79 Å². The summed E-state index contributed by atoms with van der Waals surface area (Å²) in [6.07, 6.45) is 1.34. The molecule has 0 aliphatic rings. The molecule has 0 saturated heterocycles. The number of hydrogen-bond acceptors (Lipinski definition) is 3. The third-order valence-electron chi connectivity index (χ3n) is 2.78. The number of fused-ring (bicyclic) bond motifs is 1. The molecule has 2 aromatic rings. The number of carbonyl (C=O) groups excluding carboxylic acids is 1. The number of carbonyl (C=O) groups is 1. The summed E-state index contributed by atoms with van der Waals surface area (Å²) in [5.41, 5.74) is 0.853. The van der Waals surface area contributed by atoms with E-state index in [0.717, 1.165) is 20.8 Å². The Bertz CT molecular complexity index is 647. The minimum atomic E-state index is -0.441. The highest BCUT2D eigenvalue weighted by molar-refractivity contribution is 9.10. The van der Waals surface area contributed by atoms with E-state index in [1.54, 1.807) is 0 Å². The number of methoxy groups -OCH3 is 2. The van der Waals surface area contributed by atoms with E-state index in [2.05, 4.69) is 20.7 Å².